The van der Waals surface area contributed by atoms with Crippen molar-refractivity contribution in [3.05, 3.63) is 69.7 Å². The quantitative estimate of drug-likeness (QED) is 0.867. The van der Waals surface area contributed by atoms with E-state index in [1.54, 1.807) is 6.07 Å². The molecule has 1 atom stereocenters. The lowest BCUT2D eigenvalue weighted by molar-refractivity contribution is 0.565. The van der Waals surface area contributed by atoms with Crippen molar-refractivity contribution in [2.24, 2.45) is 0 Å². The van der Waals surface area contributed by atoms with Crippen molar-refractivity contribution < 1.29 is 8.78 Å². The van der Waals surface area contributed by atoms with Gasteiger partial charge in [-0.1, -0.05) is 30.7 Å². The van der Waals surface area contributed by atoms with Gasteiger partial charge >= 0.3 is 0 Å². The smallest absolute Gasteiger partial charge is 0.126 e. The summed E-state index contributed by atoms with van der Waals surface area (Å²) in [6.07, 6.45) is 0. The molecule has 0 spiro atoms. The zero-order valence-electron chi connectivity index (χ0n) is 11.4. The first kappa shape index (κ1) is 14.9. The summed E-state index contributed by atoms with van der Waals surface area (Å²) in [7, 11) is 0. The van der Waals surface area contributed by atoms with Crippen LogP contribution in [0, 0.1) is 18.6 Å². The van der Waals surface area contributed by atoms with Crippen LogP contribution >= 0.6 is 11.6 Å². The van der Waals surface area contributed by atoms with Gasteiger partial charge in [0.1, 0.15) is 11.6 Å². The number of hydrogen-bond donors (Lipinski definition) is 1. The molecule has 0 aromatic heterocycles. The normalized spacial score (nSPS) is 12.4. The first-order valence-corrected chi connectivity index (χ1v) is 6.84. The van der Waals surface area contributed by atoms with Crippen LogP contribution in [0.1, 0.15) is 29.7 Å². The Morgan fingerprint density at radius 3 is 2.25 bits per heavy atom. The maximum Gasteiger partial charge on any atom is 0.126 e. The van der Waals surface area contributed by atoms with E-state index in [4.69, 9.17) is 11.6 Å². The number of nitrogens with one attached hydrogen (secondary N) is 1. The summed E-state index contributed by atoms with van der Waals surface area (Å²) >= 11 is 6.02. The van der Waals surface area contributed by atoms with E-state index in [1.165, 1.54) is 12.1 Å². The molecule has 0 aliphatic carbocycles. The van der Waals surface area contributed by atoms with Crippen LogP contribution in [0.25, 0.3) is 0 Å². The van der Waals surface area contributed by atoms with Crippen LogP contribution in [0.5, 0.6) is 0 Å². The van der Waals surface area contributed by atoms with Crippen LogP contribution in [0.3, 0.4) is 0 Å². The third-order valence-electron chi connectivity index (χ3n) is 3.14. The lowest BCUT2D eigenvalue weighted by Crippen LogP contribution is -2.22. The van der Waals surface area contributed by atoms with Crippen molar-refractivity contribution in [3.8, 4) is 0 Å². The van der Waals surface area contributed by atoms with E-state index in [9.17, 15) is 8.78 Å². The van der Waals surface area contributed by atoms with Crippen LogP contribution in [-0.4, -0.2) is 6.54 Å². The van der Waals surface area contributed by atoms with Gasteiger partial charge in [-0.25, -0.2) is 8.78 Å². The van der Waals surface area contributed by atoms with Gasteiger partial charge in [0.2, 0.25) is 0 Å². The van der Waals surface area contributed by atoms with Gasteiger partial charge in [-0.05, 0) is 48.4 Å². The molecule has 0 aliphatic rings. The molecule has 1 N–H and O–H groups in total. The second-order valence-corrected chi connectivity index (χ2v) is 5.11. The van der Waals surface area contributed by atoms with Crippen molar-refractivity contribution in [1.29, 1.82) is 0 Å². The molecule has 2 aromatic carbocycles. The van der Waals surface area contributed by atoms with Crippen LogP contribution < -0.4 is 5.32 Å². The van der Waals surface area contributed by atoms with E-state index in [2.05, 4.69) is 5.32 Å². The number of benzene rings is 2. The molecule has 0 fully saturated rings. The highest BCUT2D eigenvalue weighted by Crippen LogP contribution is 2.26. The van der Waals surface area contributed by atoms with E-state index in [0.717, 1.165) is 17.2 Å². The minimum Gasteiger partial charge on any atom is -0.307 e. The van der Waals surface area contributed by atoms with Crippen LogP contribution in [0.15, 0.2) is 36.4 Å². The van der Waals surface area contributed by atoms with Crippen molar-refractivity contribution in [2.45, 2.75) is 19.9 Å². The van der Waals surface area contributed by atoms with Crippen LogP contribution in [0.2, 0.25) is 5.02 Å². The first-order valence-electron chi connectivity index (χ1n) is 6.46. The van der Waals surface area contributed by atoms with E-state index >= 15 is 0 Å². The largest absolute Gasteiger partial charge is 0.307 e. The average Bonchev–Trinajstić information content (AvgIpc) is 2.38. The number of halogens is 3. The van der Waals surface area contributed by atoms with Gasteiger partial charge in [0.15, 0.2) is 0 Å². The topological polar surface area (TPSA) is 12.0 Å². The molecule has 0 bridgehead atoms. The molecule has 0 heterocycles. The molecule has 0 saturated carbocycles. The molecule has 2 aromatic rings. The standard InChI is InChI=1S/C16H16ClF2N/c1-3-20-16(11-4-5-15(17)10(2)6-11)12-7-13(18)9-14(19)8-12/h4-9,16,20H,3H2,1-2H3. The fourth-order valence-electron chi connectivity index (χ4n) is 2.22. The molecular formula is C16H16ClF2N. The SMILES string of the molecule is CCNC(c1cc(F)cc(F)c1)c1ccc(Cl)c(C)c1. The second-order valence-electron chi connectivity index (χ2n) is 4.70. The predicted molar refractivity (Wildman–Crippen MR) is 78.1 cm³/mol. The maximum absolute atomic E-state index is 13.4. The Hall–Kier alpha value is -1.45. The molecule has 1 nitrogen and oxygen atoms in total. The molecule has 4 heteroatoms. The Morgan fingerprint density at radius 1 is 1.05 bits per heavy atom. The van der Waals surface area contributed by atoms with Crippen molar-refractivity contribution in [3.63, 3.8) is 0 Å². The predicted octanol–water partition coefficient (Wildman–Crippen LogP) is 4.63. The third-order valence-corrected chi connectivity index (χ3v) is 3.57. The fourth-order valence-corrected chi connectivity index (χ4v) is 2.34. The third kappa shape index (κ3) is 3.35. The summed E-state index contributed by atoms with van der Waals surface area (Å²) in [5.41, 5.74) is 2.42. The van der Waals surface area contributed by atoms with Crippen LogP contribution in [0.4, 0.5) is 8.78 Å². The first-order chi connectivity index (χ1) is 9.51. The Balaban J connectivity index is 2.46. The van der Waals surface area contributed by atoms with E-state index in [0.29, 0.717) is 17.1 Å². The minimum atomic E-state index is -0.575. The van der Waals surface area contributed by atoms with Gasteiger partial charge in [0, 0.05) is 11.1 Å². The summed E-state index contributed by atoms with van der Waals surface area (Å²) in [4.78, 5) is 0. The molecular weight excluding hydrogens is 280 g/mol. The summed E-state index contributed by atoms with van der Waals surface area (Å²) in [6.45, 7) is 4.54. The molecule has 2 rings (SSSR count). The van der Waals surface area contributed by atoms with E-state index < -0.39 is 11.6 Å². The molecule has 1 unspecified atom stereocenters. The summed E-state index contributed by atoms with van der Waals surface area (Å²) in [5.74, 6) is -1.15. The molecule has 0 radical (unpaired) electrons. The van der Waals surface area contributed by atoms with Gasteiger partial charge in [0.05, 0.1) is 6.04 Å². The lowest BCUT2D eigenvalue weighted by atomic mass is 9.97. The highest BCUT2D eigenvalue weighted by Gasteiger charge is 2.15. The summed E-state index contributed by atoms with van der Waals surface area (Å²) in [6, 6.07) is 8.90. The second kappa shape index (κ2) is 6.33. The van der Waals surface area contributed by atoms with Crippen LogP contribution in [-0.2, 0) is 0 Å². The van der Waals surface area contributed by atoms with Crippen molar-refractivity contribution in [2.75, 3.05) is 6.54 Å². The Labute approximate surface area is 122 Å². The molecule has 0 aliphatic heterocycles. The minimum absolute atomic E-state index is 0.263. The number of hydrogen-bond acceptors (Lipinski definition) is 1. The van der Waals surface area contributed by atoms with Gasteiger partial charge in [0.25, 0.3) is 0 Å². The lowest BCUT2D eigenvalue weighted by Gasteiger charge is -2.20. The van der Waals surface area contributed by atoms with Gasteiger partial charge in [-0.2, -0.15) is 0 Å². The highest BCUT2D eigenvalue weighted by atomic mass is 35.5. The number of rotatable bonds is 4. The average molecular weight is 296 g/mol. The van der Waals surface area contributed by atoms with Crippen molar-refractivity contribution >= 4 is 11.6 Å². The highest BCUT2D eigenvalue weighted by molar-refractivity contribution is 6.31. The monoisotopic (exact) mass is 295 g/mol. The van der Waals surface area contributed by atoms with E-state index in [-0.39, 0.29) is 6.04 Å². The Bertz CT molecular complexity index is 593. The fraction of sp³-hybridized carbons (Fsp3) is 0.250. The van der Waals surface area contributed by atoms with Crippen molar-refractivity contribution in [1.82, 2.24) is 5.32 Å². The zero-order valence-corrected chi connectivity index (χ0v) is 12.1. The molecule has 20 heavy (non-hydrogen) atoms. The zero-order chi connectivity index (χ0) is 14.7. The summed E-state index contributed by atoms with van der Waals surface area (Å²) < 4.78 is 26.8. The Morgan fingerprint density at radius 2 is 1.70 bits per heavy atom. The van der Waals surface area contributed by atoms with Gasteiger partial charge < -0.3 is 5.32 Å². The molecule has 0 amide bonds. The summed E-state index contributed by atoms with van der Waals surface area (Å²) in [5, 5.41) is 3.92. The molecule has 0 saturated heterocycles. The number of aryl methyl sites for hydroxylation is 1. The maximum atomic E-state index is 13.4. The van der Waals surface area contributed by atoms with Gasteiger partial charge in [-0.15, -0.1) is 0 Å². The Kier molecular flexibility index (Phi) is 4.73. The van der Waals surface area contributed by atoms with E-state index in [1.807, 2.05) is 26.0 Å². The molecule has 106 valence electrons. The van der Waals surface area contributed by atoms with Gasteiger partial charge in [-0.3, -0.25) is 0 Å².